The van der Waals surface area contributed by atoms with E-state index in [0.717, 1.165) is 17.2 Å². The summed E-state index contributed by atoms with van der Waals surface area (Å²) in [5.41, 5.74) is 0.691. The standard InChI is InChI=1S/C36H38ClF3N2O3/c1-34(2,3)45-33(43)41-29-19-12-20-30(24-29)44-23-13-22-42(25-26-14-11-21-31(32(26)37)36(38,39)40)35(4,27-15-7-5-8-16-27)28-17-9-6-10-18-28/h5-12,14-21,24H,13,22-23,25H2,1-4H3,(H,41,43). The van der Waals surface area contributed by atoms with Gasteiger partial charge in [0.15, 0.2) is 0 Å². The molecule has 0 aliphatic carbocycles. The van der Waals surface area contributed by atoms with Gasteiger partial charge in [0.2, 0.25) is 0 Å². The van der Waals surface area contributed by atoms with E-state index in [9.17, 15) is 18.0 Å². The van der Waals surface area contributed by atoms with Gasteiger partial charge in [-0.25, -0.2) is 4.79 Å². The number of carbonyl (C=O) groups excluding carboxylic acids is 1. The first kappa shape index (κ1) is 33.9. The highest BCUT2D eigenvalue weighted by Crippen LogP contribution is 2.40. The Bertz CT molecular complexity index is 1520. The van der Waals surface area contributed by atoms with Gasteiger partial charge in [0.1, 0.15) is 11.4 Å². The SMILES string of the molecule is CC(C)(C)OC(=O)Nc1cccc(OCCCN(Cc2cccc(C(F)(F)F)c2Cl)C(C)(c2ccccc2)c2ccccc2)c1. The van der Waals surface area contributed by atoms with Crippen LogP contribution < -0.4 is 10.1 Å². The summed E-state index contributed by atoms with van der Waals surface area (Å²) >= 11 is 6.40. The molecule has 4 aromatic carbocycles. The Labute approximate surface area is 267 Å². The van der Waals surface area contributed by atoms with Crippen molar-refractivity contribution < 1.29 is 27.4 Å². The van der Waals surface area contributed by atoms with Crippen molar-refractivity contribution >= 4 is 23.4 Å². The van der Waals surface area contributed by atoms with Crippen LogP contribution in [0.1, 0.15) is 56.4 Å². The average Bonchev–Trinajstić information content (AvgIpc) is 2.98. The van der Waals surface area contributed by atoms with E-state index in [4.69, 9.17) is 21.1 Å². The van der Waals surface area contributed by atoms with Crippen molar-refractivity contribution in [2.45, 2.75) is 58.0 Å². The summed E-state index contributed by atoms with van der Waals surface area (Å²) < 4.78 is 52.7. The van der Waals surface area contributed by atoms with E-state index in [0.29, 0.717) is 36.6 Å². The predicted molar refractivity (Wildman–Crippen MR) is 173 cm³/mol. The Morgan fingerprint density at radius 2 is 1.42 bits per heavy atom. The molecule has 0 fully saturated rings. The van der Waals surface area contributed by atoms with Gasteiger partial charge in [0.25, 0.3) is 0 Å². The summed E-state index contributed by atoms with van der Waals surface area (Å²) in [5, 5.41) is 2.41. The number of benzene rings is 4. The molecule has 4 aromatic rings. The second kappa shape index (κ2) is 14.4. The maximum absolute atomic E-state index is 13.8. The first-order chi connectivity index (χ1) is 21.3. The lowest BCUT2D eigenvalue weighted by atomic mass is 9.82. The lowest BCUT2D eigenvalue weighted by molar-refractivity contribution is -0.137. The Morgan fingerprint density at radius 3 is 2.00 bits per heavy atom. The average molecular weight is 639 g/mol. The van der Waals surface area contributed by atoms with Gasteiger partial charge in [-0.1, -0.05) is 90.5 Å². The Hall–Kier alpha value is -4.01. The third-order valence-electron chi connectivity index (χ3n) is 7.37. The number of hydrogen-bond acceptors (Lipinski definition) is 4. The molecule has 0 saturated carbocycles. The number of nitrogens with zero attached hydrogens (tertiary/aromatic N) is 1. The first-order valence-corrected chi connectivity index (χ1v) is 15.1. The van der Waals surface area contributed by atoms with E-state index in [2.05, 4.69) is 17.1 Å². The maximum Gasteiger partial charge on any atom is 0.417 e. The zero-order valence-electron chi connectivity index (χ0n) is 25.8. The van der Waals surface area contributed by atoms with Gasteiger partial charge < -0.3 is 9.47 Å². The highest BCUT2D eigenvalue weighted by molar-refractivity contribution is 6.32. The second-order valence-corrected chi connectivity index (χ2v) is 12.2. The molecule has 1 N–H and O–H groups in total. The smallest absolute Gasteiger partial charge is 0.417 e. The zero-order valence-corrected chi connectivity index (χ0v) is 26.6. The van der Waals surface area contributed by atoms with Gasteiger partial charge in [-0.15, -0.1) is 0 Å². The quantitative estimate of drug-likeness (QED) is 0.166. The molecule has 0 atom stereocenters. The molecular formula is C36H38ClF3N2O3. The minimum absolute atomic E-state index is 0.165. The number of carbonyl (C=O) groups is 1. The fourth-order valence-corrected chi connectivity index (χ4v) is 5.47. The van der Waals surface area contributed by atoms with Gasteiger partial charge in [-0.3, -0.25) is 10.2 Å². The van der Waals surface area contributed by atoms with Crippen LogP contribution in [0.5, 0.6) is 5.75 Å². The number of rotatable bonds is 11. The molecule has 0 unspecified atom stereocenters. The lowest BCUT2D eigenvalue weighted by Crippen LogP contribution is -2.45. The topological polar surface area (TPSA) is 50.8 Å². The summed E-state index contributed by atoms with van der Waals surface area (Å²) in [5.74, 6) is 0.560. The maximum atomic E-state index is 13.8. The molecule has 45 heavy (non-hydrogen) atoms. The van der Waals surface area contributed by atoms with Crippen molar-refractivity contribution in [1.82, 2.24) is 4.90 Å². The summed E-state index contributed by atoms with van der Waals surface area (Å²) in [6.45, 7) is 8.40. The van der Waals surface area contributed by atoms with Gasteiger partial charge in [0.05, 0.1) is 22.7 Å². The minimum Gasteiger partial charge on any atom is -0.493 e. The van der Waals surface area contributed by atoms with Crippen LogP contribution in [0.4, 0.5) is 23.7 Å². The van der Waals surface area contributed by atoms with E-state index in [-0.39, 0.29) is 11.6 Å². The predicted octanol–water partition coefficient (Wildman–Crippen LogP) is 9.94. The second-order valence-electron chi connectivity index (χ2n) is 11.9. The fraction of sp³-hybridized carbons (Fsp3) is 0.306. The van der Waals surface area contributed by atoms with E-state index < -0.39 is 29.0 Å². The molecule has 0 aliphatic heterocycles. The normalized spacial score (nSPS) is 12.2. The van der Waals surface area contributed by atoms with Crippen LogP contribution in [0.3, 0.4) is 0 Å². The van der Waals surface area contributed by atoms with Crippen LogP contribution in [0.15, 0.2) is 103 Å². The zero-order chi connectivity index (χ0) is 32.7. The van der Waals surface area contributed by atoms with Crippen molar-refractivity contribution in [3.63, 3.8) is 0 Å². The molecule has 9 heteroatoms. The van der Waals surface area contributed by atoms with E-state index in [1.165, 1.54) is 6.07 Å². The number of anilines is 1. The molecule has 5 nitrogen and oxygen atoms in total. The molecule has 0 spiro atoms. The fourth-order valence-electron chi connectivity index (χ4n) is 5.17. The molecule has 0 saturated heterocycles. The van der Waals surface area contributed by atoms with Crippen LogP contribution in [-0.2, 0) is 23.0 Å². The molecule has 0 bridgehead atoms. The molecule has 238 valence electrons. The number of alkyl halides is 3. The molecule has 0 radical (unpaired) electrons. The third kappa shape index (κ3) is 9.02. The molecule has 1 amide bonds. The highest BCUT2D eigenvalue weighted by Gasteiger charge is 2.38. The van der Waals surface area contributed by atoms with Crippen LogP contribution in [0, 0.1) is 0 Å². The minimum atomic E-state index is -4.57. The molecule has 4 rings (SSSR count). The Kier molecular flexibility index (Phi) is 10.8. The summed E-state index contributed by atoms with van der Waals surface area (Å²) in [7, 11) is 0. The summed E-state index contributed by atoms with van der Waals surface area (Å²) in [6, 6.07) is 30.8. The monoisotopic (exact) mass is 638 g/mol. The van der Waals surface area contributed by atoms with Crippen molar-refractivity contribution in [2.24, 2.45) is 0 Å². The number of halogens is 4. The van der Waals surface area contributed by atoms with Gasteiger partial charge in [0, 0.05) is 24.8 Å². The Balaban J connectivity index is 1.59. The lowest BCUT2D eigenvalue weighted by Gasteiger charge is -2.43. The molecule has 0 aliphatic rings. The van der Waals surface area contributed by atoms with Gasteiger partial charge in [-0.2, -0.15) is 13.2 Å². The van der Waals surface area contributed by atoms with Gasteiger partial charge in [-0.05, 0) is 69.0 Å². The Morgan fingerprint density at radius 1 is 0.822 bits per heavy atom. The number of nitrogens with one attached hydrogen (secondary N) is 1. The molecule has 0 aromatic heterocycles. The van der Waals surface area contributed by atoms with Crippen molar-refractivity contribution in [3.05, 3.63) is 130 Å². The third-order valence-corrected chi connectivity index (χ3v) is 7.82. The van der Waals surface area contributed by atoms with Crippen LogP contribution in [-0.4, -0.2) is 29.7 Å². The van der Waals surface area contributed by atoms with E-state index in [1.54, 1.807) is 51.1 Å². The van der Waals surface area contributed by atoms with E-state index in [1.807, 2.05) is 60.7 Å². The van der Waals surface area contributed by atoms with Crippen LogP contribution >= 0.6 is 11.6 Å². The van der Waals surface area contributed by atoms with Crippen LogP contribution in [0.25, 0.3) is 0 Å². The first-order valence-electron chi connectivity index (χ1n) is 14.7. The van der Waals surface area contributed by atoms with Crippen molar-refractivity contribution in [3.8, 4) is 5.75 Å². The van der Waals surface area contributed by atoms with Gasteiger partial charge >= 0.3 is 12.3 Å². The largest absolute Gasteiger partial charge is 0.493 e. The van der Waals surface area contributed by atoms with Crippen molar-refractivity contribution in [2.75, 3.05) is 18.5 Å². The van der Waals surface area contributed by atoms with E-state index >= 15 is 0 Å². The number of amides is 1. The van der Waals surface area contributed by atoms with Crippen molar-refractivity contribution in [1.29, 1.82) is 0 Å². The highest BCUT2D eigenvalue weighted by atomic mass is 35.5. The molecular weight excluding hydrogens is 601 g/mol. The summed E-state index contributed by atoms with van der Waals surface area (Å²) in [6.07, 6.45) is -4.58. The number of ether oxygens (including phenoxy) is 2. The van der Waals surface area contributed by atoms with Crippen LogP contribution in [0.2, 0.25) is 5.02 Å². The number of hydrogen-bond donors (Lipinski definition) is 1. The summed E-state index contributed by atoms with van der Waals surface area (Å²) in [4.78, 5) is 14.3. The molecule has 0 heterocycles.